The molecule has 2 N–H and O–H groups in total. The fraction of sp³-hybridized carbons (Fsp3) is 0.522. The zero-order valence-electron chi connectivity index (χ0n) is 16.1. The number of aliphatic imine (C=N–C) groups is 1. The van der Waals surface area contributed by atoms with Gasteiger partial charge >= 0.3 is 0 Å². The summed E-state index contributed by atoms with van der Waals surface area (Å²) in [5, 5.41) is 0. The van der Waals surface area contributed by atoms with E-state index >= 15 is 0 Å². The lowest BCUT2D eigenvalue weighted by Crippen LogP contribution is -2.24. The van der Waals surface area contributed by atoms with E-state index < -0.39 is 0 Å². The first-order valence-electron chi connectivity index (χ1n) is 10.5. The van der Waals surface area contributed by atoms with Gasteiger partial charge in [0.05, 0.1) is 29.0 Å². The molecule has 3 aliphatic rings. The van der Waals surface area contributed by atoms with Crippen LogP contribution in [0.15, 0.2) is 35.1 Å². The van der Waals surface area contributed by atoms with Crippen LogP contribution in [-0.4, -0.2) is 22.2 Å². The van der Waals surface area contributed by atoms with Gasteiger partial charge in [0, 0.05) is 17.5 Å². The first-order valence-corrected chi connectivity index (χ1v) is 10.5. The number of para-hydroxylation sites is 1. The molecular weight excluding hydrogens is 332 g/mol. The molecule has 0 bridgehead atoms. The van der Waals surface area contributed by atoms with E-state index in [9.17, 15) is 0 Å². The molecule has 1 aromatic heterocycles. The zero-order valence-corrected chi connectivity index (χ0v) is 16.1. The Morgan fingerprint density at radius 3 is 2.67 bits per heavy atom. The predicted molar refractivity (Wildman–Crippen MR) is 111 cm³/mol. The third-order valence-electron chi connectivity index (χ3n) is 6.52. The second kappa shape index (κ2) is 6.74. The second-order valence-corrected chi connectivity index (χ2v) is 8.75. The SMILES string of the molecule is CC1CC(N=CC(=C(N)C2CC2)c2cnc3c(C4CCC4)cccc3n2)C1. The molecule has 0 aliphatic heterocycles. The molecule has 0 atom stereocenters. The summed E-state index contributed by atoms with van der Waals surface area (Å²) in [6, 6.07) is 6.85. The Labute approximate surface area is 161 Å². The molecule has 4 heteroatoms. The molecule has 4 nitrogen and oxygen atoms in total. The van der Waals surface area contributed by atoms with E-state index in [1.807, 2.05) is 12.4 Å². The van der Waals surface area contributed by atoms with Gasteiger partial charge in [-0.2, -0.15) is 0 Å². The maximum Gasteiger partial charge on any atom is 0.0925 e. The van der Waals surface area contributed by atoms with Crippen LogP contribution in [0.5, 0.6) is 0 Å². The Kier molecular flexibility index (Phi) is 4.22. The summed E-state index contributed by atoms with van der Waals surface area (Å²) in [4.78, 5) is 14.6. The molecule has 0 saturated heterocycles. The summed E-state index contributed by atoms with van der Waals surface area (Å²) in [5.41, 5.74) is 12.7. The lowest BCUT2D eigenvalue weighted by Gasteiger charge is -2.29. The minimum Gasteiger partial charge on any atom is -0.401 e. The summed E-state index contributed by atoms with van der Waals surface area (Å²) in [7, 11) is 0. The quantitative estimate of drug-likeness (QED) is 0.776. The highest BCUT2D eigenvalue weighted by atomic mass is 14.8. The highest BCUT2D eigenvalue weighted by Crippen LogP contribution is 2.40. The molecule has 3 fully saturated rings. The molecule has 3 aliphatic carbocycles. The molecule has 1 heterocycles. The van der Waals surface area contributed by atoms with Crippen molar-refractivity contribution in [1.82, 2.24) is 9.97 Å². The van der Waals surface area contributed by atoms with Crippen LogP contribution in [0.25, 0.3) is 16.6 Å². The van der Waals surface area contributed by atoms with E-state index in [1.165, 1.54) is 50.5 Å². The Morgan fingerprint density at radius 2 is 2.00 bits per heavy atom. The third kappa shape index (κ3) is 3.26. The largest absolute Gasteiger partial charge is 0.401 e. The summed E-state index contributed by atoms with van der Waals surface area (Å²) < 4.78 is 0. The molecule has 5 rings (SSSR count). The number of allylic oxidation sites excluding steroid dienone is 2. The zero-order chi connectivity index (χ0) is 18.4. The van der Waals surface area contributed by atoms with Crippen LogP contribution in [0.3, 0.4) is 0 Å². The van der Waals surface area contributed by atoms with Crippen LogP contribution in [0.2, 0.25) is 0 Å². The maximum absolute atomic E-state index is 6.50. The van der Waals surface area contributed by atoms with Crippen LogP contribution in [0.4, 0.5) is 0 Å². The van der Waals surface area contributed by atoms with Crippen molar-refractivity contribution < 1.29 is 0 Å². The van der Waals surface area contributed by atoms with Crippen molar-refractivity contribution in [3.63, 3.8) is 0 Å². The summed E-state index contributed by atoms with van der Waals surface area (Å²) in [6.07, 6.45) is 12.5. The van der Waals surface area contributed by atoms with Crippen LogP contribution < -0.4 is 5.73 Å². The molecule has 140 valence electrons. The smallest absolute Gasteiger partial charge is 0.0925 e. The first kappa shape index (κ1) is 16.9. The lowest BCUT2D eigenvalue weighted by molar-refractivity contribution is 0.293. The second-order valence-electron chi connectivity index (χ2n) is 8.75. The van der Waals surface area contributed by atoms with Crippen molar-refractivity contribution in [3.05, 3.63) is 41.4 Å². The van der Waals surface area contributed by atoms with Gasteiger partial charge in [-0.3, -0.25) is 9.98 Å². The van der Waals surface area contributed by atoms with E-state index in [4.69, 9.17) is 20.7 Å². The van der Waals surface area contributed by atoms with Gasteiger partial charge in [0.25, 0.3) is 0 Å². The van der Waals surface area contributed by atoms with Gasteiger partial charge in [-0.05, 0) is 67.9 Å². The first-order chi connectivity index (χ1) is 13.2. The van der Waals surface area contributed by atoms with Crippen molar-refractivity contribution >= 4 is 22.8 Å². The maximum atomic E-state index is 6.50. The average molecular weight is 361 g/mol. The van der Waals surface area contributed by atoms with E-state index in [0.29, 0.717) is 17.9 Å². The molecule has 3 saturated carbocycles. The van der Waals surface area contributed by atoms with Crippen molar-refractivity contribution in [2.24, 2.45) is 22.6 Å². The number of hydrogen-bond acceptors (Lipinski definition) is 4. The molecular formula is C23H28N4. The highest BCUT2D eigenvalue weighted by Gasteiger charge is 2.28. The van der Waals surface area contributed by atoms with Crippen molar-refractivity contribution in [2.75, 3.05) is 0 Å². The van der Waals surface area contributed by atoms with E-state index in [1.54, 1.807) is 0 Å². The summed E-state index contributed by atoms with van der Waals surface area (Å²) >= 11 is 0. The Morgan fingerprint density at radius 1 is 1.19 bits per heavy atom. The molecule has 0 spiro atoms. The normalized spacial score (nSPS) is 26.7. The van der Waals surface area contributed by atoms with Gasteiger partial charge in [0.1, 0.15) is 0 Å². The summed E-state index contributed by atoms with van der Waals surface area (Å²) in [5.74, 6) is 1.94. The Bertz CT molecular complexity index is 915. The van der Waals surface area contributed by atoms with Gasteiger partial charge < -0.3 is 5.73 Å². The molecule has 0 unspecified atom stereocenters. The average Bonchev–Trinajstić information content (AvgIpc) is 3.43. The third-order valence-corrected chi connectivity index (χ3v) is 6.52. The number of nitrogens with zero attached hydrogens (tertiary/aromatic N) is 3. The molecule has 2 aromatic rings. The van der Waals surface area contributed by atoms with Crippen LogP contribution in [0, 0.1) is 11.8 Å². The number of fused-ring (bicyclic) bond motifs is 1. The Hall–Kier alpha value is -2.23. The standard InChI is InChI=1S/C23H28N4/c1-14-10-17(11-14)25-12-19(22(24)16-8-9-16)21-13-26-23-18(15-4-2-5-15)6-3-7-20(23)27-21/h3,6-7,12-17H,2,4-5,8-11,24H2,1H3. The monoisotopic (exact) mass is 360 g/mol. The molecule has 0 amide bonds. The van der Waals surface area contributed by atoms with Gasteiger partial charge in [0.15, 0.2) is 0 Å². The number of benzene rings is 1. The predicted octanol–water partition coefficient (Wildman–Crippen LogP) is 4.85. The van der Waals surface area contributed by atoms with Crippen molar-refractivity contribution in [3.8, 4) is 0 Å². The van der Waals surface area contributed by atoms with Gasteiger partial charge in [-0.1, -0.05) is 25.5 Å². The fourth-order valence-corrected chi connectivity index (χ4v) is 4.31. The van der Waals surface area contributed by atoms with E-state index in [2.05, 4.69) is 25.1 Å². The molecule has 27 heavy (non-hydrogen) atoms. The highest BCUT2D eigenvalue weighted by molar-refractivity contribution is 6.10. The topological polar surface area (TPSA) is 64.2 Å². The van der Waals surface area contributed by atoms with Crippen molar-refractivity contribution in [1.29, 1.82) is 0 Å². The fourth-order valence-electron chi connectivity index (χ4n) is 4.31. The van der Waals surface area contributed by atoms with Gasteiger partial charge in [-0.25, -0.2) is 4.98 Å². The van der Waals surface area contributed by atoms with Crippen LogP contribution in [-0.2, 0) is 0 Å². The lowest BCUT2D eigenvalue weighted by atomic mass is 9.79. The number of hydrogen-bond donors (Lipinski definition) is 1. The molecule has 0 radical (unpaired) electrons. The number of nitrogens with two attached hydrogens (primary N) is 1. The van der Waals surface area contributed by atoms with E-state index in [0.717, 1.165) is 33.9 Å². The minimum absolute atomic E-state index is 0.445. The summed E-state index contributed by atoms with van der Waals surface area (Å²) in [6.45, 7) is 2.29. The van der Waals surface area contributed by atoms with Crippen LogP contribution >= 0.6 is 0 Å². The van der Waals surface area contributed by atoms with Gasteiger partial charge in [0.2, 0.25) is 0 Å². The van der Waals surface area contributed by atoms with E-state index in [-0.39, 0.29) is 0 Å². The molecule has 1 aromatic carbocycles. The number of rotatable bonds is 5. The number of aromatic nitrogens is 2. The van der Waals surface area contributed by atoms with Crippen LogP contribution in [0.1, 0.15) is 69.0 Å². The van der Waals surface area contributed by atoms with Gasteiger partial charge in [-0.15, -0.1) is 0 Å². The minimum atomic E-state index is 0.445. The van der Waals surface area contributed by atoms with Crippen molar-refractivity contribution in [2.45, 2.75) is 63.8 Å². The Balaban J connectivity index is 1.51.